The van der Waals surface area contributed by atoms with Crippen molar-refractivity contribution in [1.29, 1.82) is 0 Å². The van der Waals surface area contributed by atoms with E-state index < -0.39 is 0 Å². The van der Waals surface area contributed by atoms with Crippen molar-refractivity contribution in [2.45, 2.75) is 26.7 Å². The number of hydrogen-bond donors (Lipinski definition) is 3. The molecule has 150 valence electrons. The van der Waals surface area contributed by atoms with Gasteiger partial charge in [0, 0.05) is 40.0 Å². The summed E-state index contributed by atoms with van der Waals surface area (Å²) in [5.74, 6) is 0.751. The van der Waals surface area contributed by atoms with Crippen LogP contribution in [0.1, 0.15) is 25.3 Å². The zero-order chi connectivity index (χ0) is 20.2. The first-order chi connectivity index (χ1) is 12.9. The molecule has 1 heterocycles. The number of hydroxylamine groups is 1. The fraction of sp³-hybridized carbons (Fsp3) is 0.474. The minimum absolute atomic E-state index is 0.0280. The van der Waals surface area contributed by atoms with Crippen molar-refractivity contribution in [3.05, 3.63) is 48.3 Å². The van der Waals surface area contributed by atoms with Gasteiger partial charge in [-0.3, -0.25) is 9.78 Å². The van der Waals surface area contributed by atoms with Crippen LogP contribution in [0.15, 0.2) is 42.8 Å². The minimum Gasteiger partial charge on any atom is -0.396 e. The monoisotopic (exact) mass is 377 g/mol. The fourth-order valence-electron chi connectivity index (χ4n) is 2.19. The Kier molecular flexibility index (Phi) is 9.74. The summed E-state index contributed by atoms with van der Waals surface area (Å²) in [6, 6.07) is 1.83. The van der Waals surface area contributed by atoms with Crippen LogP contribution in [-0.4, -0.2) is 59.6 Å². The highest BCUT2D eigenvalue weighted by Gasteiger charge is 2.21. The Hall–Kier alpha value is -2.74. The summed E-state index contributed by atoms with van der Waals surface area (Å²) in [6.07, 6.45) is 6.25. The van der Waals surface area contributed by atoms with Crippen LogP contribution < -0.4 is 15.6 Å². The molecule has 1 aromatic rings. The number of pyridine rings is 1. The molecule has 0 unspecified atom stereocenters. The number of aliphatic hydroxyl groups is 1. The average Bonchev–Trinajstić information content (AvgIpc) is 2.67. The van der Waals surface area contributed by atoms with Crippen molar-refractivity contribution in [3.8, 4) is 5.75 Å². The second-order valence-corrected chi connectivity index (χ2v) is 6.15. The van der Waals surface area contributed by atoms with Crippen LogP contribution in [0.3, 0.4) is 0 Å². The predicted molar refractivity (Wildman–Crippen MR) is 105 cm³/mol. The lowest BCUT2D eigenvalue weighted by Gasteiger charge is -2.26. The smallest absolute Gasteiger partial charge is 0.273 e. The molecular weight excluding hydrogens is 346 g/mol. The number of carbonyl (C=O) groups is 1. The predicted octanol–water partition coefficient (Wildman–Crippen LogP) is 1.36. The van der Waals surface area contributed by atoms with Crippen LogP contribution in [0.4, 0.5) is 0 Å². The highest BCUT2D eigenvalue weighted by molar-refractivity contribution is 5.93. The van der Waals surface area contributed by atoms with E-state index in [-0.39, 0.29) is 12.5 Å². The van der Waals surface area contributed by atoms with E-state index in [1.165, 1.54) is 0 Å². The number of rotatable bonds is 12. The van der Waals surface area contributed by atoms with E-state index in [9.17, 15) is 4.79 Å². The third kappa shape index (κ3) is 7.18. The Morgan fingerprint density at radius 3 is 2.74 bits per heavy atom. The molecule has 8 nitrogen and oxygen atoms in total. The average molecular weight is 377 g/mol. The normalized spacial score (nSPS) is 11.3. The lowest BCUT2D eigenvalue weighted by molar-refractivity contribution is -0.126. The number of hydrogen-bond acceptors (Lipinski definition) is 7. The van der Waals surface area contributed by atoms with Crippen molar-refractivity contribution < 1.29 is 14.7 Å². The number of amides is 1. The van der Waals surface area contributed by atoms with Crippen molar-refractivity contribution in [2.24, 2.45) is 0 Å². The van der Waals surface area contributed by atoms with E-state index in [1.54, 1.807) is 42.5 Å². The van der Waals surface area contributed by atoms with Gasteiger partial charge in [-0.15, -0.1) is 0 Å². The molecule has 0 fully saturated rings. The minimum atomic E-state index is -0.209. The maximum absolute atomic E-state index is 12.9. The Morgan fingerprint density at radius 2 is 2.15 bits per heavy atom. The Morgan fingerprint density at radius 1 is 1.41 bits per heavy atom. The molecule has 0 aliphatic carbocycles. The van der Waals surface area contributed by atoms with Crippen LogP contribution >= 0.6 is 0 Å². The molecule has 0 radical (unpaired) electrons. The summed E-state index contributed by atoms with van der Waals surface area (Å²) in [5.41, 5.74) is 4.17. The summed E-state index contributed by atoms with van der Waals surface area (Å²) in [7, 11) is 3.46. The summed E-state index contributed by atoms with van der Waals surface area (Å²) < 4.78 is 0. The Balaban J connectivity index is 3.14. The van der Waals surface area contributed by atoms with Crippen LogP contribution in [0.25, 0.3) is 0 Å². The van der Waals surface area contributed by atoms with E-state index in [0.29, 0.717) is 36.8 Å². The van der Waals surface area contributed by atoms with Gasteiger partial charge in [0.05, 0.1) is 6.20 Å². The molecule has 0 aliphatic rings. The first-order valence-corrected chi connectivity index (χ1v) is 8.98. The van der Waals surface area contributed by atoms with Gasteiger partial charge in [-0.05, 0) is 37.6 Å². The number of aryl methyl sites for hydroxylation is 1. The second kappa shape index (κ2) is 11.8. The quantitative estimate of drug-likeness (QED) is 0.374. The number of likely N-dealkylation sites (N-methyl/N-ethyl adjacent to an activating group) is 1. The molecule has 8 heteroatoms. The first-order valence-electron chi connectivity index (χ1n) is 8.98. The molecule has 27 heavy (non-hydrogen) atoms. The maximum atomic E-state index is 12.9. The van der Waals surface area contributed by atoms with E-state index in [1.807, 2.05) is 19.9 Å². The van der Waals surface area contributed by atoms with Gasteiger partial charge in [0.25, 0.3) is 5.91 Å². The first kappa shape index (κ1) is 22.3. The standard InChI is InChI=1S/C19H31N5O3/c1-6-9-21-17(19(26)24(5)10-8-11-25)18(23(4)7-2)22-27-16-12-15(3)13-20-14-16/h7,12-14,21-22,25H,2,6,8-11H2,1,3-5H3/b18-17+. The van der Waals surface area contributed by atoms with Crippen LogP contribution in [0.5, 0.6) is 5.75 Å². The summed E-state index contributed by atoms with van der Waals surface area (Å²) >= 11 is 0. The van der Waals surface area contributed by atoms with Gasteiger partial charge in [-0.2, -0.15) is 0 Å². The van der Waals surface area contributed by atoms with Crippen molar-refractivity contribution >= 4 is 5.91 Å². The molecule has 1 amide bonds. The van der Waals surface area contributed by atoms with Crippen molar-refractivity contribution in [2.75, 3.05) is 33.8 Å². The lowest BCUT2D eigenvalue weighted by atomic mass is 10.3. The number of nitrogens with one attached hydrogen (secondary N) is 2. The molecular formula is C19H31N5O3. The topological polar surface area (TPSA) is 90.0 Å². The third-order valence-corrected chi connectivity index (χ3v) is 3.74. The Labute approximate surface area is 161 Å². The third-order valence-electron chi connectivity index (χ3n) is 3.74. The highest BCUT2D eigenvalue weighted by atomic mass is 16.6. The fourth-order valence-corrected chi connectivity index (χ4v) is 2.19. The largest absolute Gasteiger partial charge is 0.396 e. The molecule has 0 atom stereocenters. The Bertz CT molecular complexity index is 648. The van der Waals surface area contributed by atoms with Gasteiger partial charge in [0.15, 0.2) is 11.6 Å². The lowest BCUT2D eigenvalue weighted by Crippen LogP contribution is -2.41. The molecule has 0 aliphatic heterocycles. The summed E-state index contributed by atoms with van der Waals surface area (Å²) in [5, 5.41) is 12.2. The zero-order valence-electron chi connectivity index (χ0n) is 16.7. The maximum Gasteiger partial charge on any atom is 0.273 e. The molecule has 0 aromatic carbocycles. The van der Waals surface area contributed by atoms with Crippen LogP contribution in [-0.2, 0) is 4.79 Å². The van der Waals surface area contributed by atoms with Gasteiger partial charge in [0.2, 0.25) is 0 Å². The molecule has 0 spiro atoms. The van der Waals surface area contributed by atoms with E-state index in [4.69, 9.17) is 9.94 Å². The molecule has 0 bridgehead atoms. The van der Waals surface area contributed by atoms with E-state index in [2.05, 4.69) is 22.4 Å². The van der Waals surface area contributed by atoms with Gasteiger partial charge in [-0.1, -0.05) is 13.5 Å². The molecule has 1 rings (SSSR count). The molecule has 3 N–H and O–H groups in total. The van der Waals surface area contributed by atoms with E-state index >= 15 is 0 Å². The second-order valence-electron chi connectivity index (χ2n) is 6.15. The van der Waals surface area contributed by atoms with E-state index in [0.717, 1.165) is 12.0 Å². The number of nitrogens with zero attached hydrogens (tertiary/aromatic N) is 3. The number of carbonyl (C=O) groups excluding carboxylic acids is 1. The summed E-state index contributed by atoms with van der Waals surface area (Å²) in [6.45, 7) is 8.79. The van der Waals surface area contributed by atoms with Crippen LogP contribution in [0, 0.1) is 6.92 Å². The SMILES string of the molecule is C=CN(C)/C(NOc1cncc(C)c1)=C(/NCCC)C(=O)N(C)CCCO. The highest BCUT2D eigenvalue weighted by Crippen LogP contribution is 2.12. The van der Waals surface area contributed by atoms with Gasteiger partial charge in [0.1, 0.15) is 5.70 Å². The molecule has 0 saturated heterocycles. The van der Waals surface area contributed by atoms with Gasteiger partial charge < -0.3 is 25.1 Å². The van der Waals surface area contributed by atoms with Gasteiger partial charge in [-0.25, -0.2) is 5.48 Å². The van der Waals surface area contributed by atoms with Crippen LogP contribution in [0.2, 0.25) is 0 Å². The molecule has 1 aromatic heterocycles. The number of aliphatic hydroxyl groups excluding tert-OH is 1. The summed E-state index contributed by atoms with van der Waals surface area (Å²) in [4.78, 5) is 25.9. The molecule has 0 saturated carbocycles. The van der Waals surface area contributed by atoms with Gasteiger partial charge >= 0.3 is 0 Å². The number of aromatic nitrogens is 1. The van der Waals surface area contributed by atoms with Crippen molar-refractivity contribution in [3.63, 3.8) is 0 Å². The van der Waals surface area contributed by atoms with Crippen molar-refractivity contribution in [1.82, 2.24) is 25.6 Å². The zero-order valence-corrected chi connectivity index (χ0v) is 16.7.